The molecule has 0 radical (unpaired) electrons. The number of nitrogens with one attached hydrogen (secondary N) is 1. The number of aromatic nitrogens is 4. The largest absolute Gasteiger partial charge is 0.388 e. The molecule has 0 unspecified atom stereocenters. The number of likely N-dealkylation sites (tertiary alicyclic amines) is 1. The minimum atomic E-state index is -0.566. The van der Waals surface area contributed by atoms with Gasteiger partial charge in [-0.1, -0.05) is 49.6 Å². The van der Waals surface area contributed by atoms with Gasteiger partial charge in [-0.2, -0.15) is 4.98 Å². The van der Waals surface area contributed by atoms with E-state index in [4.69, 9.17) is 14.7 Å². The molecular formula is C45H61N9O2S2. The molecule has 310 valence electrons. The van der Waals surface area contributed by atoms with Gasteiger partial charge in [-0.05, 0) is 92.8 Å². The maximum Gasteiger partial charge on any atom is 0.228 e. The number of β-amino-alcohol motifs (C(OH)–C–C–N with tert-alkyl or cyclic N) is 1. The van der Waals surface area contributed by atoms with Gasteiger partial charge >= 0.3 is 0 Å². The summed E-state index contributed by atoms with van der Waals surface area (Å²) in [5, 5.41) is 21.6. The van der Waals surface area contributed by atoms with E-state index in [1.807, 2.05) is 24.5 Å². The van der Waals surface area contributed by atoms with Gasteiger partial charge in [0.25, 0.3) is 0 Å². The topological polar surface area (TPSA) is 106 Å². The third kappa shape index (κ3) is 8.86. The Morgan fingerprint density at radius 1 is 0.741 bits per heavy atom. The number of anilines is 3. The zero-order chi connectivity index (χ0) is 39.3. The Balaban J connectivity index is 0.000000151. The Kier molecular flexibility index (Phi) is 12.7. The molecule has 0 atom stereocenters. The van der Waals surface area contributed by atoms with Crippen molar-refractivity contribution in [1.82, 2.24) is 30.2 Å². The highest BCUT2D eigenvalue weighted by atomic mass is 32.1. The van der Waals surface area contributed by atoms with Gasteiger partial charge in [0.15, 0.2) is 0 Å². The molecule has 0 spiro atoms. The lowest BCUT2D eigenvalue weighted by atomic mass is 9.84. The Hall–Kier alpha value is -3.46. The van der Waals surface area contributed by atoms with Crippen LogP contribution in [0.25, 0.3) is 31.6 Å². The molecule has 5 fully saturated rings. The molecule has 1 saturated carbocycles. The van der Waals surface area contributed by atoms with Crippen molar-refractivity contribution in [1.29, 1.82) is 0 Å². The van der Waals surface area contributed by atoms with E-state index in [0.29, 0.717) is 11.8 Å². The Labute approximate surface area is 351 Å². The van der Waals surface area contributed by atoms with Gasteiger partial charge < -0.3 is 34.8 Å². The summed E-state index contributed by atoms with van der Waals surface area (Å²) in [6.07, 6.45) is 14.9. The van der Waals surface area contributed by atoms with Gasteiger partial charge in [-0.25, -0.2) is 15.0 Å². The summed E-state index contributed by atoms with van der Waals surface area (Å²) >= 11 is 3.51. The molecule has 4 saturated heterocycles. The molecule has 8 heterocycles. The molecule has 1 aliphatic carbocycles. The fourth-order valence-corrected chi connectivity index (χ4v) is 11.9. The van der Waals surface area contributed by atoms with Crippen molar-refractivity contribution in [3.63, 3.8) is 0 Å². The number of aliphatic hydroxyl groups is 1. The molecule has 58 heavy (non-hydrogen) atoms. The number of thiophene rings is 2. The van der Waals surface area contributed by atoms with E-state index >= 15 is 0 Å². The Morgan fingerprint density at radius 3 is 2.21 bits per heavy atom. The summed E-state index contributed by atoms with van der Waals surface area (Å²) in [6, 6.07) is 10.5. The highest BCUT2D eigenvalue weighted by Gasteiger charge is 2.36. The van der Waals surface area contributed by atoms with E-state index in [1.54, 1.807) is 17.7 Å². The van der Waals surface area contributed by atoms with Crippen LogP contribution in [0, 0.1) is 5.92 Å². The maximum absolute atomic E-state index is 11.1. The minimum Gasteiger partial charge on any atom is -0.388 e. The minimum absolute atomic E-state index is 0.566. The van der Waals surface area contributed by atoms with Crippen LogP contribution in [0.4, 0.5) is 17.6 Å². The average molecular weight is 824 g/mol. The summed E-state index contributed by atoms with van der Waals surface area (Å²) in [6.45, 7) is 11.8. The molecule has 13 heteroatoms. The van der Waals surface area contributed by atoms with Gasteiger partial charge in [-0.15, -0.1) is 22.7 Å². The molecule has 5 aliphatic rings. The Bertz CT molecular complexity index is 2080. The first-order valence-corrected chi connectivity index (χ1v) is 23.8. The van der Waals surface area contributed by atoms with Gasteiger partial charge in [0, 0.05) is 83.6 Å². The number of ether oxygens (including phenoxy) is 1. The third-order valence-electron chi connectivity index (χ3n) is 13.3. The standard InChI is InChI=1S/C23H35N5OS.C22H26N4OS/c1-29-15-17-7-11-27(12-8-17)21-20-19(18-5-3-2-4-6-18)16-30-22(20)26-23(25-21)28-13-9-24-10-14-28;27-22(15-25-10-4-5-11-25)8-12-26(13-9-22)20-19-18(17-6-2-1-3-7-17)14-28-21(19)24-16-23-20/h16-18,24H,2-15H2,1H3;1-3,6-7,14,16,27H,4-5,8-13,15H2. The quantitative estimate of drug-likeness (QED) is 0.152. The highest BCUT2D eigenvalue weighted by molar-refractivity contribution is 7.17. The summed E-state index contributed by atoms with van der Waals surface area (Å²) in [4.78, 5) is 31.4. The number of nitrogens with zero attached hydrogens (tertiary/aromatic N) is 8. The van der Waals surface area contributed by atoms with Gasteiger partial charge in [0.2, 0.25) is 5.95 Å². The van der Waals surface area contributed by atoms with Crippen LogP contribution in [-0.2, 0) is 4.74 Å². The summed E-state index contributed by atoms with van der Waals surface area (Å²) < 4.78 is 5.42. The number of piperazine rings is 1. The monoisotopic (exact) mass is 823 g/mol. The van der Waals surface area contributed by atoms with E-state index in [0.717, 1.165) is 113 Å². The summed E-state index contributed by atoms with van der Waals surface area (Å²) in [7, 11) is 1.82. The Morgan fingerprint density at radius 2 is 1.47 bits per heavy atom. The molecule has 4 aromatic heterocycles. The van der Waals surface area contributed by atoms with Crippen molar-refractivity contribution >= 4 is 60.7 Å². The predicted octanol–water partition coefficient (Wildman–Crippen LogP) is 7.80. The van der Waals surface area contributed by atoms with Crippen molar-refractivity contribution in [3.05, 3.63) is 53.0 Å². The van der Waals surface area contributed by atoms with Crippen molar-refractivity contribution in [2.75, 3.05) is 100 Å². The third-order valence-corrected chi connectivity index (χ3v) is 15.1. The summed E-state index contributed by atoms with van der Waals surface area (Å²) in [5.74, 6) is 4.50. The van der Waals surface area contributed by atoms with Crippen LogP contribution in [0.2, 0.25) is 0 Å². The van der Waals surface area contributed by atoms with E-state index in [-0.39, 0.29) is 0 Å². The lowest BCUT2D eigenvalue weighted by Gasteiger charge is -2.40. The smallest absolute Gasteiger partial charge is 0.228 e. The van der Waals surface area contributed by atoms with Crippen LogP contribution in [0.3, 0.4) is 0 Å². The van der Waals surface area contributed by atoms with Crippen LogP contribution in [0.5, 0.6) is 0 Å². The zero-order valence-electron chi connectivity index (χ0n) is 34.3. The highest BCUT2D eigenvalue weighted by Crippen LogP contribution is 2.44. The molecule has 10 rings (SSSR count). The fourth-order valence-electron chi connectivity index (χ4n) is 10.0. The van der Waals surface area contributed by atoms with Crippen molar-refractivity contribution in [2.24, 2.45) is 5.92 Å². The molecule has 4 aliphatic heterocycles. The molecule has 5 aromatic rings. The number of methoxy groups -OCH3 is 1. The fraction of sp³-hybridized carbons (Fsp3) is 0.600. The van der Waals surface area contributed by atoms with Crippen LogP contribution in [0.1, 0.15) is 82.1 Å². The second-order valence-electron chi connectivity index (χ2n) is 17.3. The van der Waals surface area contributed by atoms with Crippen LogP contribution >= 0.6 is 22.7 Å². The van der Waals surface area contributed by atoms with E-state index in [2.05, 4.69) is 69.9 Å². The van der Waals surface area contributed by atoms with Crippen molar-refractivity contribution in [3.8, 4) is 11.1 Å². The summed E-state index contributed by atoms with van der Waals surface area (Å²) in [5.41, 5.74) is 3.36. The molecular weight excluding hydrogens is 763 g/mol. The van der Waals surface area contributed by atoms with Crippen molar-refractivity contribution < 1.29 is 9.84 Å². The SMILES string of the molecule is COCC1CCN(c2nc(N3CCNCC3)nc3scc(C4CCCCC4)c23)CC1.OC1(CN2CCCC2)CCN(c2ncnc3scc(-c4ccccc4)c23)CC1. The van der Waals surface area contributed by atoms with Crippen LogP contribution < -0.4 is 20.0 Å². The van der Waals surface area contributed by atoms with E-state index in [9.17, 15) is 5.11 Å². The molecule has 1 aromatic carbocycles. The van der Waals surface area contributed by atoms with Crippen LogP contribution in [-0.4, -0.2) is 121 Å². The molecule has 0 amide bonds. The maximum atomic E-state index is 11.1. The second-order valence-corrected chi connectivity index (χ2v) is 19.0. The van der Waals surface area contributed by atoms with Gasteiger partial charge in [-0.3, -0.25) is 0 Å². The first-order chi connectivity index (χ1) is 28.5. The van der Waals surface area contributed by atoms with Gasteiger partial charge in [0.05, 0.1) is 16.4 Å². The van der Waals surface area contributed by atoms with E-state index in [1.165, 1.54) is 90.5 Å². The zero-order valence-corrected chi connectivity index (χ0v) is 35.9. The van der Waals surface area contributed by atoms with Crippen molar-refractivity contribution in [2.45, 2.75) is 82.1 Å². The lowest BCUT2D eigenvalue weighted by molar-refractivity contribution is -0.0111. The number of hydrogen-bond acceptors (Lipinski definition) is 13. The number of piperidine rings is 2. The normalized spacial score (nSPS) is 21.2. The molecule has 11 nitrogen and oxygen atoms in total. The first kappa shape index (κ1) is 40.0. The number of rotatable bonds is 9. The van der Waals surface area contributed by atoms with Gasteiger partial charge in [0.1, 0.15) is 27.6 Å². The number of fused-ring (bicyclic) bond motifs is 2. The average Bonchev–Trinajstić information content (AvgIpc) is 4.06. The van der Waals surface area contributed by atoms with E-state index < -0.39 is 5.60 Å². The first-order valence-electron chi connectivity index (χ1n) is 22.0. The second kappa shape index (κ2) is 18.4. The lowest BCUT2D eigenvalue weighted by Crippen LogP contribution is -2.50. The molecule has 0 bridgehead atoms. The number of hydrogen-bond donors (Lipinski definition) is 2. The predicted molar refractivity (Wildman–Crippen MR) is 240 cm³/mol. The van der Waals surface area contributed by atoms with Crippen LogP contribution in [0.15, 0.2) is 47.4 Å². The number of benzene rings is 1. The molecule has 2 N–H and O–H groups in total.